The molecule has 6 nitrogen and oxygen atoms in total. The summed E-state index contributed by atoms with van der Waals surface area (Å²) in [6.07, 6.45) is 11.5. The minimum atomic E-state index is -0.556. The van der Waals surface area contributed by atoms with Crippen LogP contribution in [0.15, 0.2) is 113 Å². The van der Waals surface area contributed by atoms with Crippen LogP contribution in [0.2, 0.25) is 0 Å². The average Bonchev–Trinajstić information content (AvgIpc) is 3.68. The minimum absolute atomic E-state index is 0.0863. The van der Waals surface area contributed by atoms with Gasteiger partial charge in [0.25, 0.3) is 0 Å². The molecule has 0 aromatic heterocycles. The highest BCUT2D eigenvalue weighted by atomic mass is 35.5. The summed E-state index contributed by atoms with van der Waals surface area (Å²) in [5, 5.41) is 0.871. The number of hydrogen-bond acceptors (Lipinski definition) is 5. The number of unbranched alkanes of at least 4 members (excludes halogenated alkanes) is 2. The van der Waals surface area contributed by atoms with Gasteiger partial charge in [-0.3, -0.25) is 4.79 Å². The van der Waals surface area contributed by atoms with Gasteiger partial charge in [0.1, 0.15) is 17.9 Å². The maximum atomic E-state index is 13.0. The summed E-state index contributed by atoms with van der Waals surface area (Å²) < 4.78 is 13.5. The van der Waals surface area contributed by atoms with Crippen molar-refractivity contribution in [2.45, 2.75) is 110 Å². The summed E-state index contributed by atoms with van der Waals surface area (Å²) in [5.74, 6) is 0.183. The van der Waals surface area contributed by atoms with Gasteiger partial charge in [0.05, 0.1) is 16.7 Å². The van der Waals surface area contributed by atoms with Crippen molar-refractivity contribution in [3.63, 3.8) is 0 Å². The van der Waals surface area contributed by atoms with E-state index in [9.17, 15) is 9.59 Å². The van der Waals surface area contributed by atoms with E-state index in [1.165, 1.54) is 17.0 Å². The Hall–Kier alpha value is -4.64. The molecule has 1 aliphatic carbocycles. The number of esters is 2. The lowest BCUT2D eigenvalue weighted by Gasteiger charge is -2.25. The normalized spacial score (nSPS) is 18.5. The number of carbonyl (C=O) groups is 2. The van der Waals surface area contributed by atoms with Gasteiger partial charge in [-0.2, -0.15) is 4.58 Å². The fourth-order valence-corrected chi connectivity index (χ4v) is 8.48. The first-order valence-corrected chi connectivity index (χ1v) is 20.2. The van der Waals surface area contributed by atoms with Gasteiger partial charge in [0.2, 0.25) is 5.69 Å². The third-order valence-corrected chi connectivity index (χ3v) is 11.6. The summed E-state index contributed by atoms with van der Waals surface area (Å²) in [6, 6.07) is 23.8. The molecule has 1 unspecified atom stereocenters. The lowest BCUT2D eigenvalue weighted by atomic mass is 9.80. The number of allylic oxidation sites excluding steroid dienone is 5. The van der Waals surface area contributed by atoms with E-state index in [2.05, 4.69) is 92.3 Å². The Morgan fingerprint density at radius 2 is 1.65 bits per heavy atom. The van der Waals surface area contributed by atoms with Gasteiger partial charge in [0.15, 0.2) is 5.71 Å². The highest BCUT2D eigenvalue weighted by Gasteiger charge is 2.45. The molecule has 3 aromatic carbocycles. The van der Waals surface area contributed by atoms with Gasteiger partial charge < -0.3 is 14.4 Å². The number of anilines is 1. The third kappa shape index (κ3) is 8.62. The first-order chi connectivity index (χ1) is 26.1. The molecule has 7 heteroatoms. The van der Waals surface area contributed by atoms with Crippen LogP contribution in [0.25, 0.3) is 0 Å². The molecule has 6 rings (SSSR count). The standard InChI is InChI=1S/C48H56ClN2O4/c1-9-50-40-28-25-35(45(53)55-46(2,3)4)32-38(40)48(7,8)41(50)29-26-33-23-24-34(44(33)49)27-30-42-47(5,6)37-20-15-16-21-39(37)51(42)31-17-11-14-22-43(52)54-36-18-12-10-13-19-36/h10,12-13,15-16,18-21,25-29,32,34H,9,11,14,17,22-24,31H2,1-8H3/q+1/b29-26+. The maximum Gasteiger partial charge on any atom is 0.338 e. The second-order valence-electron chi connectivity index (χ2n) is 16.9. The molecular weight excluding hydrogens is 704 g/mol. The van der Waals surface area contributed by atoms with Gasteiger partial charge in [-0.25, -0.2) is 4.79 Å². The molecule has 3 aromatic rings. The van der Waals surface area contributed by atoms with Crippen molar-refractivity contribution < 1.29 is 23.6 Å². The van der Waals surface area contributed by atoms with Crippen LogP contribution in [0.1, 0.15) is 115 Å². The predicted octanol–water partition coefficient (Wildman–Crippen LogP) is 11.5. The summed E-state index contributed by atoms with van der Waals surface area (Å²) in [5.41, 5.74) is 11.5. The largest absolute Gasteiger partial charge is 0.456 e. The third-order valence-electron chi connectivity index (χ3n) is 11.0. The van der Waals surface area contributed by atoms with E-state index in [-0.39, 0.29) is 28.7 Å². The number of ether oxygens (including phenoxy) is 2. The highest BCUT2D eigenvalue weighted by molar-refractivity contribution is 6.30. The van der Waals surface area contributed by atoms with Crippen molar-refractivity contribution in [2.24, 2.45) is 5.92 Å². The quantitative estimate of drug-likeness (QED) is 0.0605. The van der Waals surface area contributed by atoms with Gasteiger partial charge in [-0.05, 0) is 129 Å². The van der Waals surface area contributed by atoms with E-state index in [0.717, 1.165) is 72.7 Å². The molecule has 0 saturated carbocycles. The zero-order valence-corrected chi connectivity index (χ0v) is 34.6. The van der Waals surface area contributed by atoms with Gasteiger partial charge in [-0.1, -0.05) is 60.5 Å². The first-order valence-electron chi connectivity index (χ1n) is 19.8. The van der Waals surface area contributed by atoms with Crippen molar-refractivity contribution in [3.8, 4) is 5.75 Å². The van der Waals surface area contributed by atoms with Crippen molar-refractivity contribution in [1.82, 2.24) is 0 Å². The fraction of sp³-hybridized carbons (Fsp3) is 0.417. The van der Waals surface area contributed by atoms with Crippen molar-refractivity contribution in [2.75, 3.05) is 18.0 Å². The number of hydrogen-bond donors (Lipinski definition) is 0. The zero-order valence-electron chi connectivity index (χ0n) is 33.8. The zero-order chi connectivity index (χ0) is 39.5. The second kappa shape index (κ2) is 16.2. The SMILES string of the molecule is CC[N+]1=C(/C=C/C2=C(Cl)C(C=C=C3N(CCCCCC(=O)Oc4ccccc4)c4ccccc4C3(C)C)CC2)C(C)(C)c2cc(C(=O)OC(C)(C)C)ccc21. The number of halogens is 1. The van der Waals surface area contributed by atoms with Crippen LogP contribution in [0, 0.1) is 5.92 Å². The van der Waals surface area contributed by atoms with Crippen LogP contribution in [-0.4, -0.2) is 40.9 Å². The smallest absolute Gasteiger partial charge is 0.338 e. The lowest BCUT2D eigenvalue weighted by molar-refractivity contribution is -0.433. The number of carbonyl (C=O) groups excluding carboxylic acids is 2. The molecule has 0 spiro atoms. The van der Waals surface area contributed by atoms with Gasteiger partial charge in [-0.15, -0.1) is 5.73 Å². The van der Waals surface area contributed by atoms with E-state index in [0.29, 0.717) is 17.7 Å². The molecule has 0 saturated heterocycles. The van der Waals surface area contributed by atoms with E-state index < -0.39 is 5.60 Å². The molecule has 0 radical (unpaired) electrons. The molecule has 2 heterocycles. The summed E-state index contributed by atoms with van der Waals surface area (Å²) in [7, 11) is 0. The molecule has 3 aliphatic rings. The van der Waals surface area contributed by atoms with E-state index in [1.807, 2.05) is 57.2 Å². The monoisotopic (exact) mass is 759 g/mol. The predicted molar refractivity (Wildman–Crippen MR) is 224 cm³/mol. The topological polar surface area (TPSA) is 58.8 Å². The second-order valence-corrected chi connectivity index (χ2v) is 17.3. The Kier molecular flexibility index (Phi) is 11.8. The molecule has 0 bridgehead atoms. The number of fused-ring (bicyclic) bond motifs is 2. The Morgan fingerprint density at radius 3 is 2.38 bits per heavy atom. The van der Waals surface area contributed by atoms with Crippen LogP contribution < -0.4 is 9.64 Å². The number of para-hydroxylation sites is 2. The Labute approximate surface area is 332 Å². The molecule has 55 heavy (non-hydrogen) atoms. The summed E-state index contributed by atoms with van der Waals surface area (Å²) >= 11 is 7.17. The Bertz CT molecular complexity index is 2110. The van der Waals surface area contributed by atoms with Crippen LogP contribution in [0.4, 0.5) is 11.4 Å². The summed E-state index contributed by atoms with van der Waals surface area (Å²) in [6.45, 7) is 18.5. The van der Waals surface area contributed by atoms with Crippen LogP contribution in [0.3, 0.4) is 0 Å². The molecule has 0 amide bonds. The minimum Gasteiger partial charge on any atom is -0.456 e. The maximum absolute atomic E-state index is 13.0. The lowest BCUT2D eigenvalue weighted by Crippen LogP contribution is -2.28. The van der Waals surface area contributed by atoms with Crippen LogP contribution in [0.5, 0.6) is 5.75 Å². The molecule has 1 atom stereocenters. The number of rotatable bonds is 12. The van der Waals surface area contributed by atoms with Crippen molar-refractivity contribution >= 4 is 40.6 Å². The average molecular weight is 760 g/mol. The number of benzene rings is 3. The first kappa shape index (κ1) is 40.0. The number of nitrogens with zero attached hydrogens (tertiary/aromatic N) is 2. The van der Waals surface area contributed by atoms with E-state index in [1.54, 1.807) is 12.1 Å². The molecule has 0 fully saturated rings. The van der Waals surface area contributed by atoms with Crippen molar-refractivity contribution in [3.05, 3.63) is 130 Å². The molecule has 2 aliphatic heterocycles. The molecule has 288 valence electrons. The van der Waals surface area contributed by atoms with Crippen molar-refractivity contribution in [1.29, 1.82) is 0 Å². The van der Waals surface area contributed by atoms with E-state index >= 15 is 0 Å². The molecular formula is C48H56ClN2O4+. The fourth-order valence-electron chi connectivity index (χ4n) is 8.15. The van der Waals surface area contributed by atoms with Gasteiger partial charge in [0, 0.05) is 52.7 Å². The Balaban J connectivity index is 1.17. The van der Waals surface area contributed by atoms with Gasteiger partial charge >= 0.3 is 11.9 Å². The Morgan fingerprint density at radius 1 is 0.927 bits per heavy atom. The molecule has 0 N–H and O–H groups in total. The van der Waals surface area contributed by atoms with E-state index in [4.69, 9.17) is 21.1 Å². The van der Waals surface area contributed by atoms with Crippen LogP contribution >= 0.6 is 11.6 Å². The summed E-state index contributed by atoms with van der Waals surface area (Å²) in [4.78, 5) is 27.7. The van der Waals surface area contributed by atoms with Crippen LogP contribution in [-0.2, 0) is 20.4 Å². The highest BCUT2D eigenvalue weighted by Crippen LogP contribution is 2.48.